The second-order valence-corrected chi connectivity index (χ2v) is 6.17. The SMILES string of the molecule is CCCCOc1ccccc1C(=O)NC(=S)Nc1ccc(C(=O)NC)cc1. The zero-order valence-electron chi connectivity index (χ0n) is 15.4. The molecule has 7 heteroatoms. The first-order valence-electron chi connectivity index (χ1n) is 8.71. The molecule has 0 saturated carbocycles. The lowest BCUT2D eigenvalue weighted by molar-refractivity contribution is 0.0958. The topological polar surface area (TPSA) is 79.5 Å². The fourth-order valence-corrected chi connectivity index (χ4v) is 2.50. The van der Waals surface area contributed by atoms with Gasteiger partial charge in [-0.05, 0) is 55.0 Å². The minimum atomic E-state index is -0.346. The summed E-state index contributed by atoms with van der Waals surface area (Å²) in [4.78, 5) is 24.1. The normalized spacial score (nSPS) is 10.0. The summed E-state index contributed by atoms with van der Waals surface area (Å²) in [5.41, 5.74) is 1.63. The van der Waals surface area contributed by atoms with Gasteiger partial charge in [-0.15, -0.1) is 0 Å². The molecule has 3 N–H and O–H groups in total. The molecular formula is C20H23N3O3S. The molecule has 0 aromatic heterocycles. The molecule has 0 aliphatic heterocycles. The predicted molar refractivity (Wildman–Crippen MR) is 110 cm³/mol. The molecule has 2 aromatic carbocycles. The number of rotatable bonds is 7. The van der Waals surface area contributed by atoms with E-state index in [4.69, 9.17) is 17.0 Å². The van der Waals surface area contributed by atoms with Crippen LogP contribution >= 0.6 is 12.2 Å². The van der Waals surface area contributed by atoms with Crippen molar-refractivity contribution in [2.45, 2.75) is 19.8 Å². The number of amides is 2. The molecule has 6 nitrogen and oxygen atoms in total. The Bertz CT molecular complexity index is 806. The van der Waals surface area contributed by atoms with Crippen molar-refractivity contribution < 1.29 is 14.3 Å². The zero-order valence-corrected chi connectivity index (χ0v) is 16.2. The van der Waals surface area contributed by atoms with Gasteiger partial charge in [0.05, 0.1) is 12.2 Å². The van der Waals surface area contributed by atoms with Gasteiger partial charge in [-0.3, -0.25) is 14.9 Å². The highest BCUT2D eigenvalue weighted by Crippen LogP contribution is 2.18. The van der Waals surface area contributed by atoms with Crippen molar-refractivity contribution in [1.82, 2.24) is 10.6 Å². The predicted octanol–water partition coefficient (Wildman–Crippen LogP) is 3.35. The Balaban J connectivity index is 1.97. The van der Waals surface area contributed by atoms with Crippen LogP contribution in [0.2, 0.25) is 0 Å². The molecule has 0 aliphatic carbocycles. The van der Waals surface area contributed by atoms with Crippen LogP contribution in [0.25, 0.3) is 0 Å². The summed E-state index contributed by atoms with van der Waals surface area (Å²) in [5, 5.41) is 8.29. The largest absolute Gasteiger partial charge is 0.493 e. The summed E-state index contributed by atoms with van der Waals surface area (Å²) >= 11 is 5.21. The van der Waals surface area contributed by atoms with E-state index >= 15 is 0 Å². The molecule has 0 atom stereocenters. The Morgan fingerprint density at radius 3 is 2.41 bits per heavy atom. The molecule has 0 heterocycles. The number of hydrogen-bond acceptors (Lipinski definition) is 4. The van der Waals surface area contributed by atoms with Gasteiger partial charge >= 0.3 is 0 Å². The Labute approximate surface area is 164 Å². The molecule has 2 amide bonds. The molecule has 0 unspecified atom stereocenters. The first-order valence-corrected chi connectivity index (χ1v) is 9.12. The Morgan fingerprint density at radius 1 is 1.04 bits per heavy atom. The number of carbonyl (C=O) groups is 2. The van der Waals surface area contributed by atoms with Crippen LogP contribution in [0.5, 0.6) is 5.75 Å². The van der Waals surface area contributed by atoms with Crippen molar-refractivity contribution in [3.8, 4) is 5.75 Å². The number of anilines is 1. The molecule has 27 heavy (non-hydrogen) atoms. The van der Waals surface area contributed by atoms with E-state index in [9.17, 15) is 9.59 Å². The quantitative estimate of drug-likeness (QED) is 0.503. The third-order valence-electron chi connectivity index (χ3n) is 3.75. The molecule has 2 rings (SSSR count). The van der Waals surface area contributed by atoms with Gasteiger partial charge in [-0.1, -0.05) is 25.5 Å². The van der Waals surface area contributed by atoms with Crippen molar-refractivity contribution in [2.75, 3.05) is 19.0 Å². The van der Waals surface area contributed by atoms with Gasteiger partial charge < -0.3 is 15.4 Å². The van der Waals surface area contributed by atoms with Gasteiger partial charge in [0.1, 0.15) is 5.75 Å². The van der Waals surface area contributed by atoms with Crippen LogP contribution in [-0.4, -0.2) is 30.6 Å². The number of carbonyl (C=O) groups excluding carboxylic acids is 2. The molecule has 0 fully saturated rings. The molecule has 0 spiro atoms. The van der Waals surface area contributed by atoms with Crippen molar-refractivity contribution in [2.24, 2.45) is 0 Å². The van der Waals surface area contributed by atoms with E-state index in [0.717, 1.165) is 12.8 Å². The highest BCUT2D eigenvalue weighted by molar-refractivity contribution is 7.80. The van der Waals surface area contributed by atoms with Crippen LogP contribution in [0.15, 0.2) is 48.5 Å². The highest BCUT2D eigenvalue weighted by Gasteiger charge is 2.13. The van der Waals surface area contributed by atoms with Gasteiger partial charge in [0, 0.05) is 18.3 Å². The van der Waals surface area contributed by atoms with E-state index in [0.29, 0.717) is 29.2 Å². The summed E-state index contributed by atoms with van der Waals surface area (Å²) in [5.74, 6) is 0.0138. The van der Waals surface area contributed by atoms with E-state index in [1.807, 2.05) is 6.07 Å². The van der Waals surface area contributed by atoms with E-state index in [-0.39, 0.29) is 16.9 Å². The molecular weight excluding hydrogens is 362 g/mol. The zero-order chi connectivity index (χ0) is 19.6. The summed E-state index contributed by atoms with van der Waals surface area (Å²) in [7, 11) is 1.57. The third-order valence-corrected chi connectivity index (χ3v) is 3.95. The summed E-state index contributed by atoms with van der Waals surface area (Å²) < 4.78 is 5.68. The Hall–Kier alpha value is -2.93. The summed E-state index contributed by atoms with van der Waals surface area (Å²) in [6.45, 7) is 2.63. The average molecular weight is 385 g/mol. The number of hydrogen-bond donors (Lipinski definition) is 3. The maximum atomic E-state index is 12.5. The number of ether oxygens (including phenoxy) is 1. The first-order chi connectivity index (χ1) is 13.0. The Kier molecular flexibility index (Phi) is 7.76. The number of benzene rings is 2. The van der Waals surface area contributed by atoms with Crippen LogP contribution in [0.3, 0.4) is 0 Å². The third kappa shape index (κ3) is 6.07. The maximum absolute atomic E-state index is 12.5. The van der Waals surface area contributed by atoms with Crippen LogP contribution < -0.4 is 20.7 Å². The molecule has 142 valence electrons. The standard InChI is InChI=1S/C20H23N3O3S/c1-3-4-13-26-17-8-6-5-7-16(17)19(25)23-20(27)22-15-11-9-14(10-12-15)18(24)21-2/h5-12H,3-4,13H2,1-2H3,(H,21,24)(H2,22,23,25,27). The van der Waals surface area contributed by atoms with Crippen molar-refractivity contribution in [1.29, 1.82) is 0 Å². The lowest BCUT2D eigenvalue weighted by Crippen LogP contribution is -2.34. The highest BCUT2D eigenvalue weighted by atomic mass is 32.1. The molecule has 0 radical (unpaired) electrons. The molecule has 0 saturated heterocycles. The van der Waals surface area contributed by atoms with Gasteiger partial charge in [0.2, 0.25) is 0 Å². The molecule has 0 aliphatic rings. The second-order valence-electron chi connectivity index (χ2n) is 5.76. The monoisotopic (exact) mass is 385 g/mol. The number of para-hydroxylation sites is 1. The number of thiocarbonyl (C=S) groups is 1. The van der Waals surface area contributed by atoms with Crippen LogP contribution in [0.1, 0.15) is 40.5 Å². The lowest BCUT2D eigenvalue weighted by Gasteiger charge is -2.13. The summed E-state index contributed by atoms with van der Waals surface area (Å²) in [6, 6.07) is 13.8. The van der Waals surface area contributed by atoms with E-state index in [2.05, 4.69) is 22.9 Å². The minimum absolute atomic E-state index is 0.163. The Morgan fingerprint density at radius 2 is 1.74 bits per heavy atom. The van der Waals surface area contributed by atoms with Crippen molar-refractivity contribution in [3.63, 3.8) is 0 Å². The van der Waals surface area contributed by atoms with Crippen LogP contribution in [-0.2, 0) is 0 Å². The van der Waals surface area contributed by atoms with Crippen molar-refractivity contribution in [3.05, 3.63) is 59.7 Å². The van der Waals surface area contributed by atoms with Crippen LogP contribution in [0, 0.1) is 0 Å². The minimum Gasteiger partial charge on any atom is -0.493 e. The van der Waals surface area contributed by atoms with Crippen LogP contribution in [0.4, 0.5) is 5.69 Å². The second kappa shape index (κ2) is 10.3. The smallest absolute Gasteiger partial charge is 0.261 e. The fraction of sp³-hybridized carbons (Fsp3) is 0.250. The van der Waals surface area contributed by atoms with E-state index < -0.39 is 0 Å². The van der Waals surface area contributed by atoms with Gasteiger partial charge in [0.15, 0.2) is 5.11 Å². The first kappa shape index (κ1) is 20.4. The number of unbranched alkanes of at least 4 members (excludes halogenated alkanes) is 1. The fourth-order valence-electron chi connectivity index (χ4n) is 2.29. The van der Waals surface area contributed by atoms with E-state index in [1.165, 1.54) is 0 Å². The van der Waals surface area contributed by atoms with Crippen molar-refractivity contribution >= 4 is 34.8 Å². The summed E-state index contributed by atoms with van der Waals surface area (Å²) in [6.07, 6.45) is 1.93. The van der Waals surface area contributed by atoms with Gasteiger partial charge in [0.25, 0.3) is 11.8 Å². The van der Waals surface area contributed by atoms with Gasteiger partial charge in [-0.25, -0.2) is 0 Å². The lowest BCUT2D eigenvalue weighted by atomic mass is 10.2. The maximum Gasteiger partial charge on any atom is 0.261 e. The van der Waals surface area contributed by atoms with Gasteiger partial charge in [-0.2, -0.15) is 0 Å². The average Bonchev–Trinajstić information content (AvgIpc) is 2.68. The molecule has 0 bridgehead atoms. The van der Waals surface area contributed by atoms with E-state index in [1.54, 1.807) is 49.5 Å². The molecule has 2 aromatic rings. The number of nitrogens with one attached hydrogen (secondary N) is 3.